The van der Waals surface area contributed by atoms with E-state index in [4.69, 9.17) is 4.42 Å². The Bertz CT molecular complexity index is 625. The maximum absolute atomic E-state index is 11.4. The lowest BCUT2D eigenvalue weighted by Crippen LogP contribution is -2.06. The molecule has 1 unspecified atom stereocenters. The average molecular weight is 403 g/mol. The normalized spacial score (nSPS) is 12.0. The van der Waals surface area contributed by atoms with Crippen LogP contribution < -0.4 is 5.32 Å². The van der Waals surface area contributed by atoms with Gasteiger partial charge in [0.25, 0.3) is 0 Å². The molecule has 1 aromatic heterocycles. The molecule has 6 heteroatoms. The van der Waals surface area contributed by atoms with Gasteiger partial charge in [0, 0.05) is 8.95 Å². The number of carbonyl (C=O) groups is 1. The van der Waals surface area contributed by atoms with Crippen molar-refractivity contribution >= 4 is 43.5 Å². The summed E-state index contributed by atoms with van der Waals surface area (Å²) in [7, 11) is 1.32. The van der Waals surface area contributed by atoms with Crippen molar-refractivity contribution in [2.75, 3.05) is 12.4 Å². The lowest BCUT2D eigenvalue weighted by atomic mass is 10.2. The smallest absolute Gasteiger partial charge is 0.373 e. The van der Waals surface area contributed by atoms with Crippen LogP contribution in [0.25, 0.3) is 0 Å². The number of hydrogen-bond acceptors (Lipinski definition) is 4. The molecule has 0 amide bonds. The van der Waals surface area contributed by atoms with E-state index in [0.29, 0.717) is 5.76 Å². The van der Waals surface area contributed by atoms with E-state index < -0.39 is 5.97 Å². The number of carbonyl (C=O) groups excluding carboxylic acids is 1. The molecule has 4 nitrogen and oxygen atoms in total. The van der Waals surface area contributed by atoms with Gasteiger partial charge in [-0.1, -0.05) is 15.9 Å². The number of benzene rings is 1. The number of esters is 1. The highest BCUT2D eigenvalue weighted by Gasteiger charge is 2.16. The minimum atomic E-state index is -0.480. The maximum Gasteiger partial charge on any atom is 0.373 e. The first kappa shape index (κ1) is 15.1. The molecule has 0 saturated heterocycles. The molecule has 2 rings (SSSR count). The van der Waals surface area contributed by atoms with E-state index in [9.17, 15) is 4.79 Å². The molecule has 20 heavy (non-hydrogen) atoms. The number of halogens is 2. The van der Waals surface area contributed by atoms with Crippen molar-refractivity contribution in [1.82, 2.24) is 0 Å². The minimum Gasteiger partial charge on any atom is -0.463 e. The maximum atomic E-state index is 11.4. The summed E-state index contributed by atoms with van der Waals surface area (Å²) in [6.45, 7) is 1.95. The molecule has 0 saturated carbocycles. The van der Waals surface area contributed by atoms with Gasteiger partial charge in [0.1, 0.15) is 5.76 Å². The van der Waals surface area contributed by atoms with Crippen molar-refractivity contribution in [2.24, 2.45) is 0 Å². The van der Waals surface area contributed by atoms with Crippen molar-refractivity contribution in [3.8, 4) is 0 Å². The summed E-state index contributed by atoms with van der Waals surface area (Å²) in [5.41, 5.74) is 0.933. The van der Waals surface area contributed by atoms with Crippen LogP contribution in [0, 0.1) is 0 Å². The Kier molecular flexibility index (Phi) is 4.88. The fourth-order valence-electron chi connectivity index (χ4n) is 1.71. The van der Waals surface area contributed by atoms with Crippen LogP contribution in [0.15, 0.2) is 43.7 Å². The van der Waals surface area contributed by atoms with Crippen LogP contribution in [0.3, 0.4) is 0 Å². The highest BCUT2D eigenvalue weighted by Crippen LogP contribution is 2.30. The summed E-state index contributed by atoms with van der Waals surface area (Å²) in [4.78, 5) is 11.4. The Morgan fingerprint density at radius 3 is 2.75 bits per heavy atom. The van der Waals surface area contributed by atoms with Gasteiger partial charge in [-0.15, -0.1) is 0 Å². The van der Waals surface area contributed by atoms with Gasteiger partial charge in [-0.05, 0) is 53.2 Å². The molecule has 0 aliphatic heterocycles. The zero-order valence-corrected chi connectivity index (χ0v) is 14.1. The first-order chi connectivity index (χ1) is 9.51. The van der Waals surface area contributed by atoms with Gasteiger partial charge in [0.2, 0.25) is 5.76 Å². The minimum absolute atomic E-state index is 0.0843. The third-order valence-corrected chi connectivity index (χ3v) is 3.93. The predicted octanol–water partition coefficient (Wildman–Crippen LogP) is 4.76. The molecule has 0 bridgehead atoms. The molecule has 0 radical (unpaired) electrons. The Labute approximate surface area is 133 Å². The number of furan rings is 1. The summed E-state index contributed by atoms with van der Waals surface area (Å²) in [6, 6.07) is 9.14. The van der Waals surface area contributed by atoms with Crippen molar-refractivity contribution < 1.29 is 13.9 Å². The lowest BCUT2D eigenvalue weighted by Gasteiger charge is -2.14. The monoisotopic (exact) mass is 401 g/mol. The van der Waals surface area contributed by atoms with Crippen molar-refractivity contribution in [1.29, 1.82) is 0 Å². The van der Waals surface area contributed by atoms with E-state index in [1.165, 1.54) is 7.11 Å². The summed E-state index contributed by atoms with van der Waals surface area (Å²) >= 11 is 6.91. The standard InChI is InChI=1S/C14H13Br2NO3/c1-8(12-5-6-13(20-12)14(18)19-2)17-11-7-9(15)3-4-10(11)16/h3-8,17H,1-2H3. The Morgan fingerprint density at radius 2 is 2.05 bits per heavy atom. The van der Waals surface area contributed by atoms with Crippen LogP contribution in [0.1, 0.15) is 29.3 Å². The molecule has 1 N–H and O–H groups in total. The fraction of sp³-hybridized carbons (Fsp3) is 0.214. The van der Waals surface area contributed by atoms with Gasteiger partial charge in [0.15, 0.2) is 0 Å². The molecule has 1 atom stereocenters. The Hall–Kier alpha value is -1.27. The van der Waals surface area contributed by atoms with Crippen LogP contribution in [-0.2, 0) is 4.74 Å². The summed E-state index contributed by atoms with van der Waals surface area (Å²) in [5, 5.41) is 3.31. The van der Waals surface area contributed by atoms with Crippen molar-refractivity contribution in [3.63, 3.8) is 0 Å². The third kappa shape index (κ3) is 3.43. The van der Waals surface area contributed by atoms with Crippen molar-refractivity contribution in [3.05, 3.63) is 50.8 Å². The molecule has 0 aliphatic rings. The quantitative estimate of drug-likeness (QED) is 0.748. The molecule has 1 aromatic carbocycles. The molecular weight excluding hydrogens is 390 g/mol. The third-order valence-electron chi connectivity index (χ3n) is 2.74. The van der Waals surface area contributed by atoms with Gasteiger partial charge >= 0.3 is 5.97 Å². The average Bonchev–Trinajstić information content (AvgIpc) is 2.91. The van der Waals surface area contributed by atoms with E-state index in [-0.39, 0.29) is 11.8 Å². The number of rotatable bonds is 4. The largest absolute Gasteiger partial charge is 0.463 e. The van der Waals surface area contributed by atoms with E-state index in [0.717, 1.165) is 14.6 Å². The number of nitrogens with one attached hydrogen (secondary N) is 1. The second-order valence-electron chi connectivity index (χ2n) is 4.18. The molecule has 0 fully saturated rings. The van der Waals surface area contributed by atoms with Crippen LogP contribution in [0.4, 0.5) is 5.69 Å². The van der Waals surface area contributed by atoms with E-state index in [2.05, 4.69) is 41.9 Å². The molecule has 1 heterocycles. The molecule has 2 aromatic rings. The van der Waals surface area contributed by atoms with Crippen LogP contribution in [0.5, 0.6) is 0 Å². The summed E-state index contributed by atoms with van der Waals surface area (Å²) in [6.07, 6.45) is 0. The van der Waals surface area contributed by atoms with E-state index in [1.54, 1.807) is 12.1 Å². The van der Waals surface area contributed by atoms with Crippen LogP contribution >= 0.6 is 31.9 Å². The SMILES string of the molecule is COC(=O)c1ccc(C(C)Nc2cc(Br)ccc2Br)o1. The van der Waals surface area contributed by atoms with Gasteiger partial charge in [0.05, 0.1) is 18.8 Å². The van der Waals surface area contributed by atoms with E-state index in [1.807, 2.05) is 25.1 Å². The first-order valence-corrected chi connectivity index (χ1v) is 7.49. The summed E-state index contributed by atoms with van der Waals surface area (Å²) < 4.78 is 12.0. The van der Waals surface area contributed by atoms with E-state index >= 15 is 0 Å². The van der Waals surface area contributed by atoms with Gasteiger partial charge in [-0.25, -0.2) is 4.79 Å². The second kappa shape index (κ2) is 6.45. The van der Waals surface area contributed by atoms with Gasteiger partial charge in [-0.2, -0.15) is 0 Å². The lowest BCUT2D eigenvalue weighted by molar-refractivity contribution is 0.0562. The van der Waals surface area contributed by atoms with Gasteiger partial charge in [-0.3, -0.25) is 0 Å². The fourth-order valence-corrected chi connectivity index (χ4v) is 2.43. The second-order valence-corrected chi connectivity index (χ2v) is 5.95. The number of anilines is 1. The Balaban J connectivity index is 2.15. The number of ether oxygens (including phenoxy) is 1. The Morgan fingerprint density at radius 1 is 1.30 bits per heavy atom. The van der Waals surface area contributed by atoms with Gasteiger partial charge < -0.3 is 14.5 Å². The van der Waals surface area contributed by atoms with Crippen LogP contribution in [-0.4, -0.2) is 13.1 Å². The predicted molar refractivity (Wildman–Crippen MR) is 83.9 cm³/mol. The highest BCUT2D eigenvalue weighted by molar-refractivity contribution is 9.11. The zero-order chi connectivity index (χ0) is 14.7. The number of hydrogen-bond donors (Lipinski definition) is 1. The van der Waals surface area contributed by atoms with Crippen LogP contribution in [0.2, 0.25) is 0 Å². The molecule has 0 spiro atoms. The molecule has 0 aliphatic carbocycles. The zero-order valence-electron chi connectivity index (χ0n) is 10.9. The highest BCUT2D eigenvalue weighted by atomic mass is 79.9. The van der Waals surface area contributed by atoms with Crippen molar-refractivity contribution in [2.45, 2.75) is 13.0 Å². The molecule has 106 valence electrons. The number of methoxy groups -OCH3 is 1. The first-order valence-electron chi connectivity index (χ1n) is 5.91. The summed E-state index contributed by atoms with van der Waals surface area (Å²) in [5.74, 6) is 0.383. The molecular formula is C14H13Br2NO3. The topological polar surface area (TPSA) is 51.5 Å².